The maximum Gasteiger partial charge on any atom is 0.125 e. The van der Waals surface area contributed by atoms with Crippen molar-refractivity contribution < 1.29 is 0 Å². The highest BCUT2D eigenvalue weighted by molar-refractivity contribution is 5.74. The first-order valence-electron chi connectivity index (χ1n) is 4.41. The van der Waals surface area contributed by atoms with Gasteiger partial charge in [-0.2, -0.15) is 0 Å². The van der Waals surface area contributed by atoms with Crippen LogP contribution in [-0.4, -0.2) is 9.97 Å². The summed E-state index contributed by atoms with van der Waals surface area (Å²) in [6, 6.07) is 7.69. The summed E-state index contributed by atoms with van der Waals surface area (Å²) in [4.78, 5) is 8.26. The fourth-order valence-electron chi connectivity index (χ4n) is 1.29. The van der Waals surface area contributed by atoms with Gasteiger partial charge in [0, 0.05) is 29.2 Å². The Kier molecular flexibility index (Phi) is 2.14. The van der Waals surface area contributed by atoms with Gasteiger partial charge in [-0.25, -0.2) is 9.97 Å². The molecule has 3 nitrogen and oxygen atoms in total. The highest BCUT2D eigenvalue weighted by Gasteiger charge is 2.01. The van der Waals surface area contributed by atoms with Crippen LogP contribution in [0.15, 0.2) is 36.7 Å². The van der Waals surface area contributed by atoms with Gasteiger partial charge in [-0.1, -0.05) is 18.2 Å². The summed E-state index contributed by atoms with van der Waals surface area (Å²) in [5, 5.41) is 0. The Morgan fingerprint density at radius 1 is 1.07 bits per heavy atom. The van der Waals surface area contributed by atoms with E-state index in [-0.39, 0.29) is 0 Å². The molecule has 2 N–H and O–H groups in total. The van der Waals surface area contributed by atoms with Crippen molar-refractivity contribution in [1.82, 2.24) is 9.97 Å². The van der Waals surface area contributed by atoms with E-state index in [1.54, 1.807) is 12.4 Å². The lowest BCUT2D eigenvalue weighted by atomic mass is 10.1. The Morgan fingerprint density at radius 2 is 1.71 bits per heavy atom. The third kappa shape index (κ3) is 1.57. The Morgan fingerprint density at radius 3 is 2.36 bits per heavy atom. The lowest BCUT2D eigenvalue weighted by Crippen LogP contribution is -1.92. The standard InChI is InChI=1S/C11H11N3/c1-8-13-6-9(7-14-8)10-4-2-3-5-11(10)12/h2-7H,12H2,1H3. The van der Waals surface area contributed by atoms with E-state index in [2.05, 4.69) is 9.97 Å². The van der Waals surface area contributed by atoms with Crippen molar-refractivity contribution in [3.05, 3.63) is 42.5 Å². The molecular formula is C11H11N3. The maximum atomic E-state index is 5.84. The normalized spacial score (nSPS) is 10.1. The molecule has 0 amide bonds. The molecule has 0 aliphatic carbocycles. The lowest BCUT2D eigenvalue weighted by molar-refractivity contribution is 1.06. The van der Waals surface area contributed by atoms with E-state index in [0.717, 1.165) is 22.6 Å². The molecule has 70 valence electrons. The van der Waals surface area contributed by atoms with Gasteiger partial charge in [-0.15, -0.1) is 0 Å². The van der Waals surface area contributed by atoms with Crippen molar-refractivity contribution in [2.45, 2.75) is 6.92 Å². The van der Waals surface area contributed by atoms with Gasteiger partial charge < -0.3 is 5.73 Å². The smallest absolute Gasteiger partial charge is 0.125 e. The van der Waals surface area contributed by atoms with E-state index in [0.29, 0.717) is 0 Å². The molecule has 1 heterocycles. The molecule has 0 fully saturated rings. The lowest BCUT2D eigenvalue weighted by Gasteiger charge is -2.03. The van der Waals surface area contributed by atoms with E-state index >= 15 is 0 Å². The van der Waals surface area contributed by atoms with Crippen molar-refractivity contribution in [3.63, 3.8) is 0 Å². The molecule has 1 aromatic carbocycles. The number of anilines is 1. The Hall–Kier alpha value is -1.90. The average Bonchev–Trinajstić information content (AvgIpc) is 2.20. The van der Waals surface area contributed by atoms with Gasteiger partial charge in [0.1, 0.15) is 5.82 Å². The van der Waals surface area contributed by atoms with Crippen molar-refractivity contribution in [3.8, 4) is 11.1 Å². The number of aromatic nitrogens is 2. The van der Waals surface area contributed by atoms with Gasteiger partial charge in [0.2, 0.25) is 0 Å². The topological polar surface area (TPSA) is 51.8 Å². The number of nitrogens with two attached hydrogens (primary N) is 1. The van der Waals surface area contributed by atoms with Crippen molar-refractivity contribution in [2.24, 2.45) is 0 Å². The van der Waals surface area contributed by atoms with Crippen LogP contribution in [0, 0.1) is 6.92 Å². The number of benzene rings is 1. The van der Waals surface area contributed by atoms with Crippen molar-refractivity contribution in [1.29, 1.82) is 0 Å². The first-order chi connectivity index (χ1) is 6.77. The summed E-state index contributed by atoms with van der Waals surface area (Å²) >= 11 is 0. The van der Waals surface area contributed by atoms with Crippen LogP contribution in [0.2, 0.25) is 0 Å². The molecule has 0 radical (unpaired) electrons. The Bertz CT molecular complexity index is 435. The molecule has 0 saturated carbocycles. The molecule has 0 unspecified atom stereocenters. The third-order valence-corrected chi connectivity index (χ3v) is 2.05. The molecule has 0 atom stereocenters. The van der Waals surface area contributed by atoms with Gasteiger partial charge in [-0.3, -0.25) is 0 Å². The number of aryl methyl sites for hydroxylation is 1. The molecular weight excluding hydrogens is 174 g/mol. The number of nitrogens with zero attached hydrogens (tertiary/aromatic N) is 2. The third-order valence-electron chi connectivity index (χ3n) is 2.05. The largest absolute Gasteiger partial charge is 0.398 e. The second-order valence-corrected chi connectivity index (χ2v) is 3.11. The van der Waals surface area contributed by atoms with Crippen LogP contribution in [0.3, 0.4) is 0 Å². The average molecular weight is 185 g/mol. The van der Waals surface area contributed by atoms with Gasteiger partial charge >= 0.3 is 0 Å². The second-order valence-electron chi connectivity index (χ2n) is 3.11. The predicted octanol–water partition coefficient (Wildman–Crippen LogP) is 2.03. The highest BCUT2D eigenvalue weighted by atomic mass is 14.8. The SMILES string of the molecule is Cc1ncc(-c2ccccc2N)cn1. The molecule has 0 spiro atoms. The summed E-state index contributed by atoms with van der Waals surface area (Å²) in [6.07, 6.45) is 3.57. The molecule has 2 rings (SSSR count). The molecule has 1 aromatic heterocycles. The monoisotopic (exact) mass is 185 g/mol. The first kappa shape index (κ1) is 8.69. The summed E-state index contributed by atoms with van der Waals surface area (Å²) in [5.41, 5.74) is 8.52. The molecule has 0 bridgehead atoms. The highest BCUT2D eigenvalue weighted by Crippen LogP contribution is 2.23. The molecule has 2 aromatic rings. The van der Waals surface area contributed by atoms with Crippen LogP contribution < -0.4 is 5.73 Å². The quantitative estimate of drug-likeness (QED) is 0.691. The zero-order valence-corrected chi connectivity index (χ0v) is 7.94. The Balaban J connectivity index is 2.50. The number of nitrogen functional groups attached to an aromatic ring is 1. The molecule has 0 aliphatic rings. The van der Waals surface area contributed by atoms with Crippen LogP contribution in [0.1, 0.15) is 5.82 Å². The van der Waals surface area contributed by atoms with Crippen molar-refractivity contribution >= 4 is 5.69 Å². The van der Waals surface area contributed by atoms with Crippen LogP contribution in [0.25, 0.3) is 11.1 Å². The summed E-state index contributed by atoms with van der Waals surface area (Å²) in [5.74, 6) is 0.767. The number of hydrogen-bond acceptors (Lipinski definition) is 3. The minimum absolute atomic E-state index is 0.750. The van der Waals surface area contributed by atoms with Gasteiger partial charge in [0.05, 0.1) is 0 Å². The molecule has 0 aliphatic heterocycles. The van der Waals surface area contributed by atoms with E-state index < -0.39 is 0 Å². The Labute approximate surface area is 82.6 Å². The van der Waals surface area contributed by atoms with Gasteiger partial charge in [0.15, 0.2) is 0 Å². The summed E-state index contributed by atoms with van der Waals surface area (Å²) < 4.78 is 0. The van der Waals surface area contributed by atoms with E-state index in [4.69, 9.17) is 5.73 Å². The second kappa shape index (κ2) is 3.46. The summed E-state index contributed by atoms with van der Waals surface area (Å²) in [7, 11) is 0. The van der Waals surface area contributed by atoms with E-state index in [1.165, 1.54) is 0 Å². The van der Waals surface area contributed by atoms with Crippen LogP contribution in [-0.2, 0) is 0 Å². The van der Waals surface area contributed by atoms with Gasteiger partial charge in [0.25, 0.3) is 0 Å². The van der Waals surface area contributed by atoms with E-state index in [1.807, 2.05) is 31.2 Å². The van der Waals surface area contributed by atoms with Crippen LogP contribution in [0.5, 0.6) is 0 Å². The van der Waals surface area contributed by atoms with Crippen LogP contribution >= 0.6 is 0 Å². The minimum Gasteiger partial charge on any atom is -0.398 e. The maximum absolute atomic E-state index is 5.84. The van der Waals surface area contributed by atoms with Crippen LogP contribution in [0.4, 0.5) is 5.69 Å². The molecule has 14 heavy (non-hydrogen) atoms. The number of hydrogen-bond donors (Lipinski definition) is 1. The zero-order valence-electron chi connectivity index (χ0n) is 7.94. The van der Waals surface area contributed by atoms with E-state index in [9.17, 15) is 0 Å². The number of rotatable bonds is 1. The summed E-state index contributed by atoms with van der Waals surface area (Å²) in [6.45, 7) is 1.86. The zero-order chi connectivity index (χ0) is 9.97. The fourth-order valence-corrected chi connectivity index (χ4v) is 1.29. The molecule has 0 saturated heterocycles. The first-order valence-corrected chi connectivity index (χ1v) is 4.41. The minimum atomic E-state index is 0.750. The van der Waals surface area contributed by atoms with Gasteiger partial charge in [-0.05, 0) is 13.0 Å². The predicted molar refractivity (Wildman–Crippen MR) is 56.6 cm³/mol. The fraction of sp³-hybridized carbons (Fsp3) is 0.0909. The van der Waals surface area contributed by atoms with Crippen molar-refractivity contribution in [2.75, 3.05) is 5.73 Å². The number of para-hydroxylation sites is 1. The molecule has 3 heteroatoms.